The lowest BCUT2D eigenvalue weighted by molar-refractivity contribution is -0.115. The summed E-state index contributed by atoms with van der Waals surface area (Å²) >= 11 is 11.2. The monoisotopic (exact) mass is 317 g/mol. The van der Waals surface area contributed by atoms with Crippen molar-refractivity contribution in [3.63, 3.8) is 0 Å². The molecule has 6 heteroatoms. The summed E-state index contributed by atoms with van der Waals surface area (Å²) in [7, 11) is 0. The van der Waals surface area contributed by atoms with Gasteiger partial charge in [0.1, 0.15) is 0 Å². The molecule has 0 bridgehead atoms. The van der Waals surface area contributed by atoms with Crippen molar-refractivity contribution in [2.75, 3.05) is 16.0 Å². The quantitative estimate of drug-likeness (QED) is 0.740. The van der Waals surface area contributed by atoms with Gasteiger partial charge in [0.15, 0.2) is 5.11 Å². The molecule has 106 valence electrons. The van der Waals surface area contributed by atoms with Crippen LogP contribution in [0.25, 0.3) is 0 Å². The van der Waals surface area contributed by atoms with Crippen LogP contribution in [0.1, 0.15) is 5.56 Å². The first-order chi connectivity index (χ1) is 10.1. The number of benzene rings is 2. The maximum absolute atomic E-state index is 11.3. The maximum Gasteiger partial charge on any atom is 0.228 e. The van der Waals surface area contributed by atoms with E-state index in [0.29, 0.717) is 16.6 Å². The molecule has 1 aliphatic heterocycles. The summed E-state index contributed by atoms with van der Waals surface area (Å²) < 4.78 is 0. The number of thiocarbonyl (C=S) groups is 1. The molecule has 2 aromatic carbocycles. The Hall–Kier alpha value is -2.11. The van der Waals surface area contributed by atoms with E-state index in [1.807, 2.05) is 30.3 Å². The molecule has 0 unspecified atom stereocenters. The van der Waals surface area contributed by atoms with Gasteiger partial charge in [-0.15, -0.1) is 0 Å². The van der Waals surface area contributed by atoms with Crippen molar-refractivity contribution >= 4 is 51.9 Å². The van der Waals surface area contributed by atoms with Crippen LogP contribution < -0.4 is 16.0 Å². The fourth-order valence-electron chi connectivity index (χ4n) is 2.17. The molecule has 4 nitrogen and oxygen atoms in total. The van der Waals surface area contributed by atoms with E-state index in [0.717, 1.165) is 22.6 Å². The molecular weight excluding hydrogens is 306 g/mol. The molecule has 0 atom stereocenters. The van der Waals surface area contributed by atoms with E-state index in [1.165, 1.54) is 0 Å². The number of carbonyl (C=O) groups excluding carboxylic acids is 1. The first kappa shape index (κ1) is 13.9. The van der Waals surface area contributed by atoms with Gasteiger partial charge in [0.05, 0.1) is 6.42 Å². The van der Waals surface area contributed by atoms with Crippen LogP contribution in [0.2, 0.25) is 5.02 Å². The average Bonchev–Trinajstić information content (AvgIpc) is 2.78. The predicted molar refractivity (Wildman–Crippen MR) is 90.1 cm³/mol. The zero-order valence-corrected chi connectivity index (χ0v) is 12.5. The second-order valence-corrected chi connectivity index (χ2v) is 5.53. The highest BCUT2D eigenvalue weighted by molar-refractivity contribution is 7.80. The molecule has 0 aromatic heterocycles. The molecule has 3 rings (SSSR count). The number of hydrogen-bond donors (Lipinski definition) is 3. The fourth-order valence-corrected chi connectivity index (χ4v) is 2.59. The number of carbonyl (C=O) groups is 1. The Kier molecular flexibility index (Phi) is 3.77. The lowest BCUT2D eigenvalue weighted by Crippen LogP contribution is -2.19. The van der Waals surface area contributed by atoms with Gasteiger partial charge in [-0.25, -0.2) is 0 Å². The van der Waals surface area contributed by atoms with Gasteiger partial charge >= 0.3 is 0 Å². The van der Waals surface area contributed by atoms with Crippen LogP contribution in [-0.2, 0) is 11.2 Å². The van der Waals surface area contributed by atoms with E-state index in [4.69, 9.17) is 23.8 Å². The summed E-state index contributed by atoms with van der Waals surface area (Å²) in [6.07, 6.45) is 0.402. The van der Waals surface area contributed by atoms with Crippen LogP contribution in [-0.4, -0.2) is 11.0 Å². The Labute approximate surface area is 132 Å². The zero-order valence-electron chi connectivity index (χ0n) is 10.9. The number of halogens is 1. The van der Waals surface area contributed by atoms with Crippen molar-refractivity contribution in [2.45, 2.75) is 6.42 Å². The van der Waals surface area contributed by atoms with Gasteiger partial charge in [0.25, 0.3) is 0 Å². The van der Waals surface area contributed by atoms with E-state index < -0.39 is 0 Å². The third kappa shape index (κ3) is 3.32. The molecule has 1 heterocycles. The molecule has 1 amide bonds. The fraction of sp³-hybridized carbons (Fsp3) is 0.0667. The molecular formula is C15H12ClN3OS. The highest BCUT2D eigenvalue weighted by atomic mass is 35.5. The number of anilines is 3. The standard InChI is InChI=1S/C15H12ClN3OS/c16-10-2-1-3-11(8-10)17-15(21)18-12-4-5-13-9(6-12)7-14(20)19-13/h1-6,8H,7H2,(H,19,20)(H2,17,18,21). The van der Waals surface area contributed by atoms with Crippen molar-refractivity contribution in [3.8, 4) is 0 Å². The van der Waals surface area contributed by atoms with Crippen LogP contribution in [0.4, 0.5) is 17.1 Å². The Morgan fingerprint density at radius 1 is 1.14 bits per heavy atom. The van der Waals surface area contributed by atoms with Crippen LogP contribution in [0.3, 0.4) is 0 Å². The smallest absolute Gasteiger partial charge is 0.228 e. The summed E-state index contributed by atoms with van der Waals surface area (Å²) in [6, 6.07) is 13.0. The third-order valence-corrected chi connectivity index (χ3v) is 3.51. The SMILES string of the molecule is O=C1Cc2cc(NC(=S)Nc3cccc(Cl)c3)ccc2N1. The molecule has 0 spiro atoms. The Bertz CT molecular complexity index is 733. The number of hydrogen-bond acceptors (Lipinski definition) is 2. The third-order valence-electron chi connectivity index (χ3n) is 3.07. The van der Waals surface area contributed by atoms with E-state index in [9.17, 15) is 4.79 Å². The highest BCUT2D eigenvalue weighted by Gasteiger charge is 2.17. The highest BCUT2D eigenvalue weighted by Crippen LogP contribution is 2.26. The lowest BCUT2D eigenvalue weighted by atomic mass is 10.1. The Balaban J connectivity index is 1.68. The van der Waals surface area contributed by atoms with Crippen molar-refractivity contribution in [3.05, 3.63) is 53.1 Å². The first-order valence-corrected chi connectivity index (χ1v) is 7.15. The minimum Gasteiger partial charge on any atom is -0.332 e. The number of fused-ring (bicyclic) bond motifs is 1. The number of nitrogens with one attached hydrogen (secondary N) is 3. The van der Waals surface area contributed by atoms with E-state index in [-0.39, 0.29) is 5.91 Å². The summed E-state index contributed by atoms with van der Waals surface area (Å²) in [5, 5.41) is 10.1. The number of rotatable bonds is 2. The van der Waals surface area contributed by atoms with Gasteiger partial charge in [-0.05, 0) is 54.2 Å². The van der Waals surface area contributed by atoms with Gasteiger partial charge in [-0.1, -0.05) is 17.7 Å². The van der Waals surface area contributed by atoms with Crippen LogP contribution in [0.5, 0.6) is 0 Å². The molecule has 3 N–H and O–H groups in total. The summed E-state index contributed by atoms with van der Waals surface area (Å²) in [5.41, 5.74) is 3.48. The van der Waals surface area contributed by atoms with E-state index in [2.05, 4.69) is 16.0 Å². The molecule has 2 aromatic rings. The lowest BCUT2D eigenvalue weighted by Gasteiger charge is -2.11. The summed E-state index contributed by atoms with van der Waals surface area (Å²) in [5.74, 6) is 0.0155. The maximum atomic E-state index is 11.3. The van der Waals surface area contributed by atoms with Gasteiger partial charge in [0.2, 0.25) is 5.91 Å². The molecule has 0 saturated carbocycles. The summed E-state index contributed by atoms with van der Waals surface area (Å²) in [4.78, 5) is 11.3. The largest absolute Gasteiger partial charge is 0.332 e. The zero-order chi connectivity index (χ0) is 14.8. The van der Waals surface area contributed by atoms with Gasteiger partial charge in [0, 0.05) is 22.1 Å². The molecule has 0 saturated heterocycles. The summed E-state index contributed by atoms with van der Waals surface area (Å²) in [6.45, 7) is 0. The molecule has 21 heavy (non-hydrogen) atoms. The van der Waals surface area contributed by atoms with Crippen molar-refractivity contribution in [1.82, 2.24) is 0 Å². The normalized spacial score (nSPS) is 12.5. The van der Waals surface area contributed by atoms with E-state index >= 15 is 0 Å². The van der Waals surface area contributed by atoms with Gasteiger partial charge in [-0.3, -0.25) is 4.79 Å². The first-order valence-electron chi connectivity index (χ1n) is 6.36. The molecule has 0 aliphatic carbocycles. The molecule has 1 aliphatic rings. The second kappa shape index (κ2) is 5.71. The second-order valence-electron chi connectivity index (χ2n) is 4.69. The average molecular weight is 318 g/mol. The molecule has 0 radical (unpaired) electrons. The minimum absolute atomic E-state index is 0.0155. The Morgan fingerprint density at radius 2 is 1.90 bits per heavy atom. The predicted octanol–water partition coefficient (Wildman–Crippen LogP) is 3.64. The van der Waals surface area contributed by atoms with Crippen LogP contribution in [0, 0.1) is 0 Å². The topological polar surface area (TPSA) is 53.2 Å². The van der Waals surface area contributed by atoms with Gasteiger partial charge < -0.3 is 16.0 Å². The number of amides is 1. The van der Waals surface area contributed by atoms with Crippen LogP contribution in [0.15, 0.2) is 42.5 Å². The van der Waals surface area contributed by atoms with E-state index in [1.54, 1.807) is 12.1 Å². The van der Waals surface area contributed by atoms with Crippen LogP contribution >= 0.6 is 23.8 Å². The molecule has 0 fully saturated rings. The van der Waals surface area contributed by atoms with Gasteiger partial charge in [-0.2, -0.15) is 0 Å². The van der Waals surface area contributed by atoms with Crippen molar-refractivity contribution in [1.29, 1.82) is 0 Å². The Morgan fingerprint density at radius 3 is 2.67 bits per heavy atom. The van der Waals surface area contributed by atoms with Crippen molar-refractivity contribution in [2.24, 2.45) is 0 Å². The minimum atomic E-state index is 0.0155. The van der Waals surface area contributed by atoms with Crippen molar-refractivity contribution < 1.29 is 4.79 Å².